The molecule has 8 heteroatoms. The van der Waals surface area contributed by atoms with Crippen molar-refractivity contribution in [3.63, 3.8) is 0 Å². The van der Waals surface area contributed by atoms with Crippen LogP contribution in [0.2, 0.25) is 15.1 Å². The zero-order chi connectivity index (χ0) is 19.4. The van der Waals surface area contributed by atoms with Gasteiger partial charge in [0, 0.05) is 11.5 Å². The molecule has 2 rings (SSSR count). The van der Waals surface area contributed by atoms with E-state index in [-0.39, 0.29) is 31.8 Å². The maximum atomic E-state index is 12.1. The molecule has 0 saturated heterocycles. The minimum absolute atomic E-state index is 0.0580. The number of nitrogens with two attached hydrogens (primary N) is 1. The number of nitrogens with zero attached hydrogens (tertiary/aromatic N) is 2. The molecule has 0 fully saturated rings. The van der Waals surface area contributed by atoms with Gasteiger partial charge in [-0.15, -0.1) is 0 Å². The number of benzene rings is 2. The predicted octanol–water partition coefficient (Wildman–Crippen LogP) is 4.02. The molecule has 0 aliphatic heterocycles. The average molecular weight is 409 g/mol. The van der Waals surface area contributed by atoms with Crippen molar-refractivity contribution >= 4 is 40.8 Å². The Kier molecular flexibility index (Phi) is 6.47. The Hall–Kier alpha value is -2.28. The third-order valence-electron chi connectivity index (χ3n) is 3.88. The van der Waals surface area contributed by atoms with Crippen LogP contribution in [-0.4, -0.2) is 19.1 Å². The third-order valence-corrected chi connectivity index (χ3v) is 5.13. The highest BCUT2D eigenvalue weighted by atomic mass is 35.5. The summed E-state index contributed by atoms with van der Waals surface area (Å²) in [6.45, 7) is 0. The van der Waals surface area contributed by atoms with Crippen LogP contribution in [-0.2, 0) is 9.53 Å². The highest BCUT2D eigenvalue weighted by molar-refractivity contribution is 6.45. The quantitative estimate of drug-likeness (QED) is 0.608. The first-order valence-corrected chi connectivity index (χ1v) is 8.41. The summed E-state index contributed by atoms with van der Waals surface area (Å²) < 4.78 is 4.75. The molecular formula is C18H12Cl3N3O2. The Bertz CT molecular complexity index is 934. The summed E-state index contributed by atoms with van der Waals surface area (Å²) in [7, 11) is 1.20. The monoisotopic (exact) mass is 407 g/mol. The molecule has 0 heterocycles. The van der Waals surface area contributed by atoms with Crippen LogP contribution in [0.4, 0.5) is 0 Å². The van der Waals surface area contributed by atoms with Gasteiger partial charge >= 0.3 is 5.97 Å². The van der Waals surface area contributed by atoms with E-state index in [1.807, 2.05) is 12.1 Å². The van der Waals surface area contributed by atoms with Gasteiger partial charge in [0.1, 0.15) is 18.2 Å². The molecule has 5 nitrogen and oxygen atoms in total. The number of carbonyl (C=O) groups is 1. The van der Waals surface area contributed by atoms with Crippen LogP contribution in [0.1, 0.15) is 28.2 Å². The van der Waals surface area contributed by atoms with Gasteiger partial charge in [-0.1, -0.05) is 65.1 Å². The lowest BCUT2D eigenvalue weighted by molar-refractivity contribution is -0.142. The largest absolute Gasteiger partial charge is 0.468 e. The Morgan fingerprint density at radius 1 is 1.04 bits per heavy atom. The van der Waals surface area contributed by atoms with Gasteiger partial charge in [0.25, 0.3) is 0 Å². The van der Waals surface area contributed by atoms with E-state index in [1.54, 1.807) is 30.3 Å². The molecule has 0 radical (unpaired) electrons. The van der Waals surface area contributed by atoms with Gasteiger partial charge in [-0.3, -0.25) is 4.79 Å². The number of halogens is 3. The summed E-state index contributed by atoms with van der Waals surface area (Å²) in [5.74, 6) is -1.55. The van der Waals surface area contributed by atoms with Crippen LogP contribution in [0.3, 0.4) is 0 Å². The van der Waals surface area contributed by atoms with Crippen LogP contribution in [0.5, 0.6) is 0 Å². The Morgan fingerprint density at radius 2 is 1.62 bits per heavy atom. The molecule has 0 aliphatic carbocycles. The molecule has 0 saturated carbocycles. The molecule has 0 aliphatic rings. The summed E-state index contributed by atoms with van der Waals surface area (Å²) in [4.78, 5) is 12.1. The zero-order valence-electron chi connectivity index (χ0n) is 13.5. The van der Waals surface area contributed by atoms with E-state index < -0.39 is 17.9 Å². The first kappa shape index (κ1) is 20.0. The van der Waals surface area contributed by atoms with Gasteiger partial charge in [0.05, 0.1) is 33.3 Å². The smallest absolute Gasteiger partial charge is 0.323 e. The summed E-state index contributed by atoms with van der Waals surface area (Å²) in [6.07, 6.45) is 0. The van der Waals surface area contributed by atoms with Gasteiger partial charge < -0.3 is 10.5 Å². The molecular weight excluding hydrogens is 397 g/mol. The molecule has 0 aromatic heterocycles. The molecule has 2 aromatic rings. The van der Waals surface area contributed by atoms with Crippen molar-refractivity contribution in [1.82, 2.24) is 0 Å². The maximum Gasteiger partial charge on any atom is 0.323 e. The van der Waals surface area contributed by atoms with Crippen LogP contribution in [0.15, 0.2) is 30.3 Å². The topological polar surface area (TPSA) is 99.9 Å². The van der Waals surface area contributed by atoms with Gasteiger partial charge in [-0.25, -0.2) is 0 Å². The van der Waals surface area contributed by atoms with Crippen LogP contribution in [0.25, 0.3) is 0 Å². The van der Waals surface area contributed by atoms with Crippen LogP contribution in [0, 0.1) is 22.7 Å². The maximum absolute atomic E-state index is 12.1. The highest BCUT2D eigenvalue weighted by Crippen LogP contribution is 2.44. The van der Waals surface area contributed by atoms with Crippen LogP contribution >= 0.6 is 34.8 Å². The second kappa shape index (κ2) is 8.40. The Balaban J connectivity index is 2.88. The Labute approximate surface area is 165 Å². The fourth-order valence-electron chi connectivity index (χ4n) is 2.66. The average Bonchev–Trinajstić information content (AvgIpc) is 2.66. The molecule has 26 heavy (non-hydrogen) atoms. The number of ether oxygens (including phenoxy) is 1. The van der Waals surface area contributed by atoms with Gasteiger partial charge in [-0.05, 0) is 5.56 Å². The van der Waals surface area contributed by atoms with E-state index in [2.05, 4.69) is 0 Å². The van der Waals surface area contributed by atoms with Gasteiger partial charge in [0.15, 0.2) is 0 Å². The van der Waals surface area contributed by atoms with Crippen molar-refractivity contribution in [2.45, 2.75) is 12.0 Å². The fourth-order valence-corrected chi connectivity index (χ4v) is 3.54. The molecule has 0 bridgehead atoms. The molecule has 2 unspecified atom stereocenters. The van der Waals surface area contributed by atoms with E-state index >= 15 is 0 Å². The van der Waals surface area contributed by atoms with E-state index in [0.717, 1.165) is 0 Å². The standard InChI is InChI=1S/C18H12Cl3N3O2/c1-26-18(25)17(24)12(9-5-3-2-4-6-9)13-10(7-22)14(19)11(8-23)15(20)16(13)21/h2-6,12,17H,24H2,1H3. The second-order valence-electron chi connectivity index (χ2n) is 5.27. The number of nitriles is 2. The van der Waals surface area contributed by atoms with E-state index in [9.17, 15) is 15.3 Å². The summed E-state index contributed by atoms with van der Waals surface area (Å²) in [5, 5.41) is 18.5. The Morgan fingerprint density at radius 3 is 2.12 bits per heavy atom. The number of hydrogen-bond acceptors (Lipinski definition) is 5. The molecule has 132 valence electrons. The lowest BCUT2D eigenvalue weighted by Gasteiger charge is -2.26. The van der Waals surface area contributed by atoms with E-state index in [0.29, 0.717) is 5.56 Å². The summed E-state index contributed by atoms with van der Waals surface area (Å²) in [6, 6.07) is 11.3. The normalized spacial score (nSPS) is 12.6. The first-order chi connectivity index (χ1) is 12.4. The van der Waals surface area contributed by atoms with E-state index in [1.165, 1.54) is 7.11 Å². The minimum atomic E-state index is -1.17. The van der Waals surface area contributed by atoms with Crippen LogP contribution < -0.4 is 5.73 Å². The minimum Gasteiger partial charge on any atom is -0.468 e. The predicted molar refractivity (Wildman–Crippen MR) is 99.2 cm³/mol. The lowest BCUT2D eigenvalue weighted by atomic mass is 9.82. The van der Waals surface area contributed by atoms with Crippen molar-refractivity contribution in [2.24, 2.45) is 5.73 Å². The van der Waals surface area contributed by atoms with E-state index in [4.69, 9.17) is 45.3 Å². The number of hydrogen-bond donors (Lipinski definition) is 1. The fraction of sp³-hybridized carbons (Fsp3) is 0.167. The first-order valence-electron chi connectivity index (χ1n) is 7.27. The summed E-state index contributed by atoms with van der Waals surface area (Å²) >= 11 is 18.7. The number of esters is 1. The molecule has 2 aromatic carbocycles. The third kappa shape index (κ3) is 3.49. The van der Waals surface area contributed by atoms with Crippen molar-refractivity contribution in [1.29, 1.82) is 10.5 Å². The lowest BCUT2D eigenvalue weighted by Crippen LogP contribution is -2.38. The molecule has 2 N–H and O–H groups in total. The highest BCUT2D eigenvalue weighted by Gasteiger charge is 2.35. The van der Waals surface area contributed by atoms with Crippen molar-refractivity contribution in [3.05, 3.63) is 67.7 Å². The van der Waals surface area contributed by atoms with Crippen molar-refractivity contribution in [2.75, 3.05) is 7.11 Å². The second-order valence-corrected chi connectivity index (χ2v) is 6.40. The number of carbonyl (C=O) groups excluding carboxylic acids is 1. The van der Waals surface area contributed by atoms with Crippen molar-refractivity contribution < 1.29 is 9.53 Å². The summed E-state index contributed by atoms with van der Waals surface area (Å²) in [5.41, 5.74) is 6.71. The number of methoxy groups -OCH3 is 1. The number of rotatable bonds is 4. The SMILES string of the molecule is COC(=O)C(N)C(c1ccccc1)c1c(Cl)c(Cl)c(C#N)c(Cl)c1C#N. The van der Waals surface area contributed by atoms with Gasteiger partial charge in [0.2, 0.25) is 0 Å². The molecule has 0 spiro atoms. The molecule has 0 amide bonds. The zero-order valence-corrected chi connectivity index (χ0v) is 15.7. The molecule has 2 atom stereocenters. The van der Waals surface area contributed by atoms with Crippen molar-refractivity contribution in [3.8, 4) is 12.1 Å². The van der Waals surface area contributed by atoms with Gasteiger partial charge in [-0.2, -0.15) is 10.5 Å².